The van der Waals surface area contributed by atoms with Crippen molar-refractivity contribution in [1.29, 1.82) is 0 Å². The van der Waals surface area contributed by atoms with E-state index in [1.165, 1.54) is 0 Å². The Kier molecular flexibility index (Phi) is 7.06. The van der Waals surface area contributed by atoms with Gasteiger partial charge in [0.2, 0.25) is 0 Å². The number of rotatable bonds is 10. The highest BCUT2D eigenvalue weighted by atomic mass is 17.5. The molecule has 9 heteroatoms. The van der Waals surface area contributed by atoms with Crippen LogP contribution in [0, 0.1) is 5.92 Å². The smallest absolute Gasteiger partial charge is 0.327 e. The lowest BCUT2D eigenvalue weighted by Gasteiger charge is -2.31. The van der Waals surface area contributed by atoms with Crippen molar-refractivity contribution in [1.82, 2.24) is 0 Å². The van der Waals surface area contributed by atoms with E-state index in [9.17, 15) is 9.90 Å². The maximum atomic E-state index is 11.8. The maximum absolute atomic E-state index is 11.8. The van der Waals surface area contributed by atoms with Crippen molar-refractivity contribution in [3.63, 3.8) is 0 Å². The van der Waals surface area contributed by atoms with Crippen LogP contribution < -0.4 is 16.4 Å². The van der Waals surface area contributed by atoms with Gasteiger partial charge in [0.15, 0.2) is 0 Å². The van der Waals surface area contributed by atoms with Gasteiger partial charge in [-0.15, -0.1) is 0 Å². The number of carboxylic acids is 1. The van der Waals surface area contributed by atoms with Gasteiger partial charge in [-0.2, -0.15) is 0 Å². The Hall–Kier alpha value is -1.81. The lowest BCUT2D eigenvalue weighted by molar-refractivity contribution is -0.442. The molecule has 1 heterocycles. The molecule has 6 N–H and O–H groups in total. The van der Waals surface area contributed by atoms with E-state index in [0.29, 0.717) is 31.4 Å². The molecule has 1 unspecified atom stereocenters. The monoisotopic (exact) mass is 351 g/mol. The van der Waals surface area contributed by atoms with Crippen LogP contribution in [-0.4, -0.2) is 42.4 Å². The Morgan fingerprint density at radius 3 is 2.72 bits per heavy atom. The van der Waals surface area contributed by atoms with Crippen LogP contribution in [0.5, 0.6) is 0 Å². The minimum Gasteiger partial charge on any atom is -0.480 e. The van der Waals surface area contributed by atoms with Crippen LogP contribution >= 0.6 is 0 Å². The Morgan fingerprint density at radius 2 is 2.08 bits per heavy atom. The number of aliphatic carboxylic acids is 1. The van der Waals surface area contributed by atoms with Gasteiger partial charge in [-0.1, -0.05) is 17.9 Å². The fourth-order valence-electron chi connectivity index (χ4n) is 3.38. The molecule has 1 saturated heterocycles. The highest BCUT2D eigenvalue weighted by Crippen LogP contribution is 2.33. The summed E-state index contributed by atoms with van der Waals surface area (Å²) in [4.78, 5) is 18.4. The first-order valence-corrected chi connectivity index (χ1v) is 8.53. The summed E-state index contributed by atoms with van der Waals surface area (Å²) >= 11 is 0. The van der Waals surface area contributed by atoms with Gasteiger partial charge in [0.05, 0.1) is 0 Å². The zero-order chi connectivity index (χ0) is 18.3. The zero-order valence-electron chi connectivity index (χ0n) is 14.3. The number of anilines is 2. The first-order valence-electron chi connectivity index (χ1n) is 8.53. The van der Waals surface area contributed by atoms with E-state index in [1.54, 1.807) is 0 Å². The number of hydrogen-bond donors (Lipinski definition) is 4. The summed E-state index contributed by atoms with van der Waals surface area (Å²) in [5.41, 5.74) is 12.5. The Balaban J connectivity index is 1.91. The molecule has 2 rings (SSSR count). The molecule has 1 aliphatic heterocycles. The van der Waals surface area contributed by atoms with Crippen molar-refractivity contribution in [2.75, 3.05) is 23.7 Å². The molecule has 0 radical (unpaired) electrons. The third-order valence-corrected chi connectivity index (χ3v) is 4.94. The van der Waals surface area contributed by atoms with E-state index < -0.39 is 11.5 Å². The maximum Gasteiger partial charge on any atom is 0.327 e. The molecular weight excluding hydrogens is 325 g/mol. The number of hydrogen-bond acceptors (Lipinski definition) is 7. The van der Waals surface area contributed by atoms with Crippen molar-refractivity contribution < 1.29 is 25.0 Å². The molecule has 0 aromatic heterocycles. The molecule has 0 amide bonds. The quantitative estimate of drug-likeness (QED) is 0.163. The minimum atomic E-state index is -1.24. The van der Waals surface area contributed by atoms with Gasteiger partial charge in [-0.25, -0.2) is 5.26 Å². The zero-order valence-corrected chi connectivity index (χ0v) is 14.3. The standard InChI is InChI=1S/C16H26BN3O5/c18-13-3-5-14(6-4-13)20-10-7-12(11-20)16(19,15(21)22)8-1-2-9-17-24-25-23/h3-6,12,17,23H,1-2,7-11,18-19H2,(H,21,22)/t12-,16?/m1/s1. The molecule has 0 spiro atoms. The van der Waals surface area contributed by atoms with Gasteiger partial charge >= 0.3 is 13.5 Å². The molecule has 0 aliphatic carbocycles. The second kappa shape index (κ2) is 9.05. The lowest BCUT2D eigenvalue weighted by atomic mass is 9.79. The average molecular weight is 351 g/mol. The molecular formula is C16H26BN3O5. The fraction of sp³-hybridized carbons (Fsp3) is 0.562. The molecule has 0 bridgehead atoms. The summed E-state index contributed by atoms with van der Waals surface area (Å²) in [6, 6.07) is 7.57. The molecule has 138 valence electrons. The Bertz CT molecular complexity index is 559. The SMILES string of the molecule is Nc1ccc(N2CC[C@@H](C(N)(CCCCBOOO)C(=O)O)C2)cc1. The summed E-state index contributed by atoms with van der Waals surface area (Å²) < 4.78 is 0. The van der Waals surface area contributed by atoms with Crippen LogP contribution in [0.4, 0.5) is 11.4 Å². The lowest BCUT2D eigenvalue weighted by Crippen LogP contribution is -2.55. The molecule has 1 aromatic carbocycles. The predicted molar refractivity (Wildman–Crippen MR) is 96.3 cm³/mol. The van der Waals surface area contributed by atoms with Gasteiger partial charge in [0, 0.05) is 30.4 Å². The van der Waals surface area contributed by atoms with Crippen molar-refractivity contribution in [3.8, 4) is 0 Å². The third kappa shape index (κ3) is 5.08. The van der Waals surface area contributed by atoms with Gasteiger partial charge in [-0.05, 0) is 43.4 Å². The molecule has 1 aliphatic rings. The summed E-state index contributed by atoms with van der Waals surface area (Å²) in [5.74, 6) is -1.06. The molecule has 2 atom stereocenters. The van der Waals surface area contributed by atoms with Gasteiger partial charge in [-0.3, -0.25) is 9.60 Å². The van der Waals surface area contributed by atoms with Crippen LogP contribution in [0.3, 0.4) is 0 Å². The van der Waals surface area contributed by atoms with Crippen molar-refractivity contribution >= 4 is 24.8 Å². The second-order valence-electron chi connectivity index (χ2n) is 6.58. The van der Waals surface area contributed by atoms with Crippen molar-refractivity contribution in [2.45, 2.75) is 37.5 Å². The number of carbonyl (C=O) groups is 1. The normalized spacial score (nSPS) is 19.6. The number of unbranched alkanes of at least 4 members (excludes halogenated alkanes) is 1. The summed E-state index contributed by atoms with van der Waals surface area (Å²) in [5, 5.41) is 21.3. The largest absolute Gasteiger partial charge is 0.480 e. The number of carboxylic acid groups (broad SMARTS) is 1. The van der Waals surface area contributed by atoms with E-state index in [1.807, 2.05) is 24.3 Å². The van der Waals surface area contributed by atoms with E-state index in [2.05, 4.69) is 14.7 Å². The molecule has 8 nitrogen and oxygen atoms in total. The molecule has 1 fully saturated rings. The van der Waals surface area contributed by atoms with Crippen molar-refractivity contribution in [3.05, 3.63) is 24.3 Å². The van der Waals surface area contributed by atoms with Crippen LogP contribution in [0.15, 0.2) is 24.3 Å². The number of nitrogen functional groups attached to an aromatic ring is 1. The first kappa shape index (κ1) is 19.5. The van der Waals surface area contributed by atoms with Crippen LogP contribution in [0.1, 0.15) is 25.7 Å². The van der Waals surface area contributed by atoms with Crippen LogP contribution in [-0.2, 0) is 14.6 Å². The fourth-order valence-corrected chi connectivity index (χ4v) is 3.38. The van der Waals surface area contributed by atoms with Crippen LogP contribution in [0.2, 0.25) is 6.32 Å². The minimum absolute atomic E-state index is 0.112. The first-order chi connectivity index (χ1) is 12.0. The van der Waals surface area contributed by atoms with Gasteiger partial charge in [0.1, 0.15) is 5.54 Å². The highest BCUT2D eigenvalue weighted by molar-refractivity contribution is 6.26. The topological polar surface area (TPSA) is 131 Å². The van der Waals surface area contributed by atoms with Crippen molar-refractivity contribution in [2.24, 2.45) is 11.7 Å². The molecule has 1 aromatic rings. The molecule has 0 saturated carbocycles. The van der Waals surface area contributed by atoms with E-state index in [4.69, 9.17) is 16.7 Å². The number of nitrogens with zero attached hydrogens (tertiary/aromatic N) is 1. The molecule has 25 heavy (non-hydrogen) atoms. The van der Waals surface area contributed by atoms with E-state index in [-0.39, 0.29) is 13.4 Å². The van der Waals surface area contributed by atoms with E-state index >= 15 is 0 Å². The van der Waals surface area contributed by atoms with Gasteiger partial charge < -0.3 is 21.5 Å². The summed E-state index contributed by atoms with van der Waals surface area (Å²) in [6.45, 7) is 1.40. The third-order valence-electron chi connectivity index (χ3n) is 4.94. The summed E-state index contributed by atoms with van der Waals surface area (Å²) in [7, 11) is 0.259. The van der Waals surface area contributed by atoms with Gasteiger partial charge in [0.25, 0.3) is 0 Å². The van der Waals surface area contributed by atoms with E-state index in [0.717, 1.165) is 25.1 Å². The Morgan fingerprint density at radius 1 is 1.36 bits per heavy atom. The number of benzene rings is 1. The average Bonchev–Trinajstić information content (AvgIpc) is 3.09. The van der Waals surface area contributed by atoms with Crippen LogP contribution in [0.25, 0.3) is 0 Å². The second-order valence-corrected chi connectivity index (χ2v) is 6.58. The highest BCUT2D eigenvalue weighted by Gasteiger charge is 2.44. The Labute approximate surface area is 147 Å². The number of nitrogens with two attached hydrogens (primary N) is 2. The predicted octanol–water partition coefficient (Wildman–Crippen LogP) is 1.24. The summed E-state index contributed by atoms with van der Waals surface area (Å²) in [6.07, 6.45) is 3.25.